The lowest BCUT2D eigenvalue weighted by Gasteiger charge is -2.19. The first-order valence-corrected chi connectivity index (χ1v) is 8.12. The Labute approximate surface area is 141 Å². The van der Waals surface area contributed by atoms with Crippen molar-refractivity contribution >= 4 is 33.5 Å². The Morgan fingerprint density at radius 3 is 2.54 bits per heavy atom. The largest absolute Gasteiger partial charge is 0.460 e. The number of nitrogens with two attached hydrogens (primary N) is 1. The zero-order valence-corrected chi connectivity index (χ0v) is 14.3. The SMILES string of the molecule is CC(C)(C)OC(=O)CCc1ccc2nc3ccccc3c(N)c2c1. The number of hydrogen-bond donors (Lipinski definition) is 1. The van der Waals surface area contributed by atoms with Crippen LogP contribution >= 0.6 is 0 Å². The standard InChI is InChI=1S/C20H22N2O2/c1-20(2,3)24-18(23)11-9-13-8-10-17-15(12-13)19(21)14-6-4-5-7-16(14)22-17/h4-8,10,12H,9,11H2,1-3H3,(H2,21,22). The topological polar surface area (TPSA) is 65.2 Å². The predicted octanol–water partition coefficient (Wildman–Crippen LogP) is 4.24. The lowest BCUT2D eigenvalue weighted by Crippen LogP contribution is -2.24. The summed E-state index contributed by atoms with van der Waals surface area (Å²) < 4.78 is 5.35. The van der Waals surface area contributed by atoms with Gasteiger partial charge in [0.05, 0.1) is 16.7 Å². The fourth-order valence-electron chi connectivity index (χ4n) is 2.76. The van der Waals surface area contributed by atoms with Crippen LogP contribution in [0.2, 0.25) is 0 Å². The van der Waals surface area contributed by atoms with Gasteiger partial charge in [-0.25, -0.2) is 4.98 Å². The zero-order valence-electron chi connectivity index (χ0n) is 14.3. The molecule has 1 aromatic heterocycles. The molecule has 0 radical (unpaired) electrons. The highest BCUT2D eigenvalue weighted by atomic mass is 16.6. The first kappa shape index (κ1) is 16.2. The maximum absolute atomic E-state index is 11.9. The minimum atomic E-state index is -0.451. The summed E-state index contributed by atoms with van der Waals surface area (Å²) in [6.45, 7) is 5.62. The fraction of sp³-hybridized carbons (Fsp3) is 0.300. The third-order valence-corrected chi connectivity index (χ3v) is 3.82. The molecule has 0 aliphatic carbocycles. The molecule has 3 rings (SSSR count). The molecule has 1 heterocycles. The molecule has 0 unspecified atom stereocenters. The predicted molar refractivity (Wildman–Crippen MR) is 97.8 cm³/mol. The second-order valence-electron chi connectivity index (χ2n) is 6.98. The third-order valence-electron chi connectivity index (χ3n) is 3.82. The van der Waals surface area contributed by atoms with Crippen molar-refractivity contribution in [3.8, 4) is 0 Å². The van der Waals surface area contributed by atoms with Crippen molar-refractivity contribution in [2.45, 2.75) is 39.2 Å². The zero-order chi connectivity index (χ0) is 17.3. The average Bonchev–Trinajstić information content (AvgIpc) is 2.52. The summed E-state index contributed by atoms with van der Waals surface area (Å²) in [6, 6.07) is 13.8. The molecular weight excluding hydrogens is 300 g/mol. The number of hydrogen-bond acceptors (Lipinski definition) is 4. The number of anilines is 1. The molecule has 4 nitrogen and oxygen atoms in total. The number of pyridine rings is 1. The van der Waals surface area contributed by atoms with Crippen LogP contribution in [0, 0.1) is 0 Å². The molecule has 0 saturated carbocycles. The number of carbonyl (C=O) groups is 1. The number of benzene rings is 2. The van der Waals surface area contributed by atoms with Crippen molar-refractivity contribution in [2.24, 2.45) is 0 Å². The summed E-state index contributed by atoms with van der Waals surface area (Å²) in [4.78, 5) is 16.5. The third kappa shape index (κ3) is 3.48. The molecule has 0 spiro atoms. The van der Waals surface area contributed by atoms with Crippen molar-refractivity contribution in [3.63, 3.8) is 0 Å². The number of ether oxygens (including phenoxy) is 1. The van der Waals surface area contributed by atoms with Crippen LogP contribution in [0.5, 0.6) is 0 Å². The summed E-state index contributed by atoms with van der Waals surface area (Å²) in [5.74, 6) is -0.188. The van der Waals surface area contributed by atoms with E-state index in [0.29, 0.717) is 12.8 Å². The van der Waals surface area contributed by atoms with E-state index in [0.717, 1.165) is 33.1 Å². The van der Waals surface area contributed by atoms with E-state index in [1.54, 1.807) is 0 Å². The summed E-state index contributed by atoms with van der Waals surface area (Å²) in [7, 11) is 0. The minimum absolute atomic E-state index is 0.188. The van der Waals surface area contributed by atoms with Crippen molar-refractivity contribution in [3.05, 3.63) is 48.0 Å². The minimum Gasteiger partial charge on any atom is -0.460 e. The monoisotopic (exact) mass is 322 g/mol. The first-order valence-electron chi connectivity index (χ1n) is 8.12. The second-order valence-corrected chi connectivity index (χ2v) is 6.98. The van der Waals surface area contributed by atoms with Crippen molar-refractivity contribution in [2.75, 3.05) is 5.73 Å². The highest BCUT2D eigenvalue weighted by Gasteiger charge is 2.16. The molecule has 4 heteroatoms. The van der Waals surface area contributed by atoms with Crippen LogP contribution in [-0.2, 0) is 16.0 Å². The molecule has 24 heavy (non-hydrogen) atoms. The van der Waals surface area contributed by atoms with E-state index in [4.69, 9.17) is 10.5 Å². The Kier molecular flexibility index (Phi) is 4.14. The molecular formula is C20H22N2O2. The van der Waals surface area contributed by atoms with Crippen LogP contribution in [0.25, 0.3) is 21.8 Å². The highest BCUT2D eigenvalue weighted by molar-refractivity contribution is 6.06. The number of rotatable bonds is 3. The van der Waals surface area contributed by atoms with Gasteiger partial charge in [-0.3, -0.25) is 4.79 Å². The van der Waals surface area contributed by atoms with Gasteiger partial charge in [-0.15, -0.1) is 0 Å². The number of aryl methyl sites for hydroxylation is 1. The molecule has 0 fully saturated rings. The van der Waals surface area contributed by atoms with E-state index < -0.39 is 5.60 Å². The molecule has 0 aliphatic heterocycles. The molecule has 0 amide bonds. The van der Waals surface area contributed by atoms with E-state index in [9.17, 15) is 4.79 Å². The quantitative estimate of drug-likeness (QED) is 0.578. The number of para-hydroxylation sites is 1. The van der Waals surface area contributed by atoms with Gasteiger partial charge in [-0.05, 0) is 51.0 Å². The lowest BCUT2D eigenvalue weighted by atomic mass is 10.0. The lowest BCUT2D eigenvalue weighted by molar-refractivity contribution is -0.154. The Morgan fingerprint density at radius 2 is 1.79 bits per heavy atom. The fourth-order valence-corrected chi connectivity index (χ4v) is 2.76. The number of fused-ring (bicyclic) bond motifs is 2. The number of esters is 1. The Balaban J connectivity index is 1.87. The summed E-state index contributed by atoms with van der Waals surface area (Å²) in [6.07, 6.45) is 0.973. The van der Waals surface area contributed by atoms with Gasteiger partial charge in [-0.2, -0.15) is 0 Å². The first-order chi connectivity index (χ1) is 11.3. The summed E-state index contributed by atoms with van der Waals surface area (Å²) in [5.41, 5.74) is 9.42. The van der Waals surface area contributed by atoms with Crippen LogP contribution in [0.1, 0.15) is 32.8 Å². The van der Waals surface area contributed by atoms with Crippen molar-refractivity contribution < 1.29 is 9.53 Å². The van der Waals surface area contributed by atoms with Crippen LogP contribution in [-0.4, -0.2) is 16.6 Å². The molecule has 0 saturated heterocycles. The van der Waals surface area contributed by atoms with Gasteiger partial charge in [0.1, 0.15) is 5.60 Å². The smallest absolute Gasteiger partial charge is 0.306 e. The normalized spacial score (nSPS) is 11.8. The van der Waals surface area contributed by atoms with E-state index in [1.165, 1.54) is 0 Å². The Hall–Kier alpha value is -2.62. The molecule has 2 aromatic carbocycles. The Bertz CT molecular complexity index is 911. The van der Waals surface area contributed by atoms with Gasteiger partial charge in [0.2, 0.25) is 0 Å². The van der Waals surface area contributed by atoms with E-state index >= 15 is 0 Å². The highest BCUT2D eigenvalue weighted by Crippen LogP contribution is 2.29. The number of aromatic nitrogens is 1. The maximum Gasteiger partial charge on any atom is 0.306 e. The molecule has 3 aromatic rings. The van der Waals surface area contributed by atoms with Crippen molar-refractivity contribution in [1.29, 1.82) is 0 Å². The van der Waals surface area contributed by atoms with Gasteiger partial charge >= 0.3 is 5.97 Å². The van der Waals surface area contributed by atoms with Crippen LogP contribution < -0.4 is 5.73 Å². The Morgan fingerprint density at radius 1 is 1.08 bits per heavy atom. The summed E-state index contributed by atoms with van der Waals surface area (Å²) >= 11 is 0. The average molecular weight is 322 g/mol. The summed E-state index contributed by atoms with van der Waals surface area (Å²) in [5, 5.41) is 1.88. The molecule has 2 N–H and O–H groups in total. The van der Waals surface area contributed by atoms with Crippen LogP contribution in [0.15, 0.2) is 42.5 Å². The van der Waals surface area contributed by atoms with Gasteiger partial charge in [0, 0.05) is 17.2 Å². The maximum atomic E-state index is 11.9. The number of nitrogen functional groups attached to an aromatic ring is 1. The van der Waals surface area contributed by atoms with Gasteiger partial charge in [-0.1, -0.05) is 24.3 Å². The van der Waals surface area contributed by atoms with Crippen LogP contribution in [0.3, 0.4) is 0 Å². The van der Waals surface area contributed by atoms with Gasteiger partial charge < -0.3 is 10.5 Å². The van der Waals surface area contributed by atoms with E-state index in [1.807, 2.05) is 63.2 Å². The number of nitrogens with zero attached hydrogens (tertiary/aromatic N) is 1. The second kappa shape index (κ2) is 6.11. The molecule has 0 atom stereocenters. The van der Waals surface area contributed by atoms with Crippen LogP contribution in [0.4, 0.5) is 5.69 Å². The van der Waals surface area contributed by atoms with Gasteiger partial charge in [0.15, 0.2) is 0 Å². The molecule has 0 bridgehead atoms. The van der Waals surface area contributed by atoms with Gasteiger partial charge in [0.25, 0.3) is 0 Å². The number of carbonyl (C=O) groups excluding carboxylic acids is 1. The molecule has 0 aliphatic rings. The molecule has 124 valence electrons. The van der Waals surface area contributed by atoms with E-state index in [-0.39, 0.29) is 5.97 Å². The van der Waals surface area contributed by atoms with Crippen molar-refractivity contribution in [1.82, 2.24) is 4.98 Å². The van der Waals surface area contributed by atoms with E-state index in [2.05, 4.69) is 4.98 Å².